The molecular formula is C24H22Cl3FN6S. The van der Waals surface area contributed by atoms with Crippen LogP contribution in [0.1, 0.15) is 28.2 Å². The molecule has 11 heteroatoms. The molecule has 4 rings (SSSR count). The van der Waals surface area contributed by atoms with Crippen LogP contribution in [0.4, 0.5) is 15.9 Å². The molecule has 0 radical (unpaired) electrons. The third-order valence-corrected chi connectivity index (χ3v) is 6.66. The molecule has 0 bridgehead atoms. The van der Waals surface area contributed by atoms with E-state index in [0.717, 1.165) is 33.9 Å². The molecule has 0 spiro atoms. The molecule has 2 heterocycles. The van der Waals surface area contributed by atoms with E-state index in [-0.39, 0.29) is 5.82 Å². The van der Waals surface area contributed by atoms with E-state index in [2.05, 4.69) is 20.8 Å². The fourth-order valence-corrected chi connectivity index (χ4v) is 4.55. The van der Waals surface area contributed by atoms with E-state index in [1.807, 2.05) is 37.6 Å². The SMILES string of the molecule is Cc1nn(Cc2ccc(Cl)cc2Cl)c(C)c1NC(=S)Nc1cc(C)n(Cc2ccc(F)cc2Cl)n1. The van der Waals surface area contributed by atoms with Crippen LogP contribution in [0.5, 0.6) is 0 Å². The van der Waals surface area contributed by atoms with E-state index in [1.54, 1.807) is 22.9 Å². The van der Waals surface area contributed by atoms with Gasteiger partial charge in [0.25, 0.3) is 0 Å². The molecule has 0 aliphatic heterocycles. The summed E-state index contributed by atoms with van der Waals surface area (Å²) in [5.41, 5.74) is 5.09. The molecule has 0 saturated heterocycles. The molecule has 0 atom stereocenters. The summed E-state index contributed by atoms with van der Waals surface area (Å²) in [4.78, 5) is 0. The summed E-state index contributed by atoms with van der Waals surface area (Å²) in [7, 11) is 0. The van der Waals surface area contributed by atoms with Crippen molar-refractivity contribution in [1.29, 1.82) is 0 Å². The summed E-state index contributed by atoms with van der Waals surface area (Å²) in [6.45, 7) is 6.70. The molecule has 0 aliphatic rings. The normalized spacial score (nSPS) is 11.1. The van der Waals surface area contributed by atoms with E-state index in [9.17, 15) is 4.39 Å². The Labute approximate surface area is 223 Å². The standard InChI is InChI=1S/C24H22Cl3FN6S/c1-13-8-22(32-33(13)11-17-5-7-19(28)10-21(17)27)29-24(35)30-23-14(2)31-34(15(23)3)12-16-4-6-18(25)9-20(16)26/h4-10H,11-12H2,1-3H3,(H2,29,30,32,35). The predicted octanol–water partition coefficient (Wildman–Crippen LogP) is 7.01. The fraction of sp³-hybridized carbons (Fsp3) is 0.208. The highest BCUT2D eigenvalue weighted by Gasteiger charge is 2.15. The maximum atomic E-state index is 13.3. The van der Waals surface area contributed by atoms with Gasteiger partial charge in [-0.1, -0.05) is 46.9 Å². The van der Waals surface area contributed by atoms with Crippen LogP contribution in [0.25, 0.3) is 0 Å². The lowest BCUT2D eigenvalue weighted by Gasteiger charge is -2.10. The number of benzene rings is 2. The average molecular weight is 552 g/mol. The second-order valence-corrected chi connectivity index (χ2v) is 9.74. The van der Waals surface area contributed by atoms with Crippen molar-refractivity contribution in [3.8, 4) is 0 Å². The number of halogens is 4. The van der Waals surface area contributed by atoms with Crippen LogP contribution in [-0.2, 0) is 13.1 Å². The van der Waals surface area contributed by atoms with Crippen LogP contribution < -0.4 is 10.6 Å². The smallest absolute Gasteiger partial charge is 0.176 e. The highest BCUT2D eigenvalue weighted by molar-refractivity contribution is 7.80. The lowest BCUT2D eigenvalue weighted by atomic mass is 10.2. The predicted molar refractivity (Wildman–Crippen MR) is 145 cm³/mol. The molecule has 2 N–H and O–H groups in total. The minimum absolute atomic E-state index is 0.356. The first-order chi connectivity index (χ1) is 16.6. The van der Waals surface area contributed by atoms with Crippen LogP contribution in [0.2, 0.25) is 15.1 Å². The number of hydrogen-bond donors (Lipinski definition) is 2. The molecule has 182 valence electrons. The maximum absolute atomic E-state index is 13.3. The zero-order chi connectivity index (χ0) is 25.3. The van der Waals surface area contributed by atoms with Gasteiger partial charge in [-0.15, -0.1) is 0 Å². The molecule has 0 unspecified atom stereocenters. The molecule has 35 heavy (non-hydrogen) atoms. The van der Waals surface area contributed by atoms with Gasteiger partial charge in [0, 0.05) is 26.8 Å². The van der Waals surface area contributed by atoms with E-state index in [4.69, 9.17) is 47.0 Å². The van der Waals surface area contributed by atoms with E-state index < -0.39 is 0 Å². The molecule has 2 aromatic carbocycles. The Balaban J connectivity index is 1.45. The average Bonchev–Trinajstić information content (AvgIpc) is 3.25. The Morgan fingerprint density at radius 3 is 2.23 bits per heavy atom. The van der Waals surface area contributed by atoms with Crippen molar-refractivity contribution < 1.29 is 4.39 Å². The van der Waals surface area contributed by atoms with Crippen LogP contribution in [0.15, 0.2) is 42.5 Å². The van der Waals surface area contributed by atoms with Gasteiger partial charge in [-0.2, -0.15) is 10.2 Å². The molecule has 0 saturated carbocycles. The minimum Gasteiger partial charge on any atom is -0.329 e. The number of anilines is 2. The number of rotatable bonds is 6. The van der Waals surface area contributed by atoms with Crippen molar-refractivity contribution in [3.63, 3.8) is 0 Å². The molecule has 4 aromatic rings. The third kappa shape index (κ3) is 5.95. The molecule has 0 fully saturated rings. The van der Waals surface area contributed by atoms with E-state index >= 15 is 0 Å². The summed E-state index contributed by atoms with van der Waals surface area (Å²) >= 11 is 24.0. The van der Waals surface area contributed by atoms with Crippen LogP contribution in [0, 0.1) is 26.6 Å². The van der Waals surface area contributed by atoms with Crippen LogP contribution >= 0.6 is 47.0 Å². The van der Waals surface area contributed by atoms with Crippen molar-refractivity contribution in [3.05, 3.63) is 91.6 Å². The third-order valence-electron chi connectivity index (χ3n) is 5.51. The second kappa shape index (κ2) is 10.5. The Morgan fingerprint density at radius 2 is 1.54 bits per heavy atom. The second-order valence-electron chi connectivity index (χ2n) is 8.08. The number of nitrogens with zero attached hydrogens (tertiary/aromatic N) is 4. The summed E-state index contributed by atoms with van der Waals surface area (Å²) in [5.74, 6) is 0.203. The number of nitrogens with one attached hydrogen (secondary N) is 2. The van der Waals surface area contributed by atoms with Crippen molar-refractivity contribution in [2.24, 2.45) is 0 Å². The van der Waals surface area contributed by atoms with Gasteiger partial charge in [-0.3, -0.25) is 9.36 Å². The molecule has 6 nitrogen and oxygen atoms in total. The zero-order valence-electron chi connectivity index (χ0n) is 19.2. The lowest BCUT2D eigenvalue weighted by molar-refractivity contribution is 0.623. The van der Waals surface area contributed by atoms with Crippen molar-refractivity contribution in [2.45, 2.75) is 33.9 Å². The first-order valence-electron chi connectivity index (χ1n) is 10.6. The lowest BCUT2D eigenvalue weighted by Crippen LogP contribution is -2.20. The topological polar surface area (TPSA) is 59.7 Å². The van der Waals surface area contributed by atoms with Crippen LogP contribution in [0.3, 0.4) is 0 Å². The summed E-state index contributed by atoms with van der Waals surface area (Å²) in [6.07, 6.45) is 0. The molecule has 0 aliphatic carbocycles. The van der Waals surface area contributed by atoms with Gasteiger partial charge in [0.05, 0.1) is 30.2 Å². The fourth-order valence-electron chi connectivity index (χ4n) is 3.65. The van der Waals surface area contributed by atoms with Crippen molar-refractivity contribution in [2.75, 3.05) is 10.6 Å². The number of thiocarbonyl (C=S) groups is 1. The monoisotopic (exact) mass is 550 g/mol. The summed E-state index contributed by atoms with van der Waals surface area (Å²) in [6, 6.07) is 11.6. The maximum Gasteiger partial charge on any atom is 0.176 e. The van der Waals surface area contributed by atoms with Gasteiger partial charge in [0.1, 0.15) is 5.82 Å². The van der Waals surface area contributed by atoms with Gasteiger partial charge in [0.15, 0.2) is 10.9 Å². The number of hydrogen-bond acceptors (Lipinski definition) is 3. The van der Waals surface area contributed by atoms with Crippen LogP contribution in [-0.4, -0.2) is 24.7 Å². The molecule has 0 amide bonds. The Hall–Kier alpha value is -2.65. The number of aryl methyl sites for hydroxylation is 2. The Morgan fingerprint density at radius 1 is 0.886 bits per heavy atom. The van der Waals surface area contributed by atoms with E-state index in [0.29, 0.717) is 39.1 Å². The molecular weight excluding hydrogens is 530 g/mol. The van der Waals surface area contributed by atoms with Crippen molar-refractivity contribution in [1.82, 2.24) is 19.6 Å². The highest BCUT2D eigenvalue weighted by atomic mass is 35.5. The Kier molecular flexibility index (Phi) is 7.66. The van der Waals surface area contributed by atoms with Gasteiger partial charge in [0.2, 0.25) is 0 Å². The zero-order valence-corrected chi connectivity index (χ0v) is 22.2. The highest BCUT2D eigenvalue weighted by Crippen LogP contribution is 2.25. The van der Waals surface area contributed by atoms with Gasteiger partial charge in [-0.25, -0.2) is 4.39 Å². The quantitative estimate of drug-likeness (QED) is 0.252. The Bertz CT molecular complexity index is 1410. The number of aromatic nitrogens is 4. The summed E-state index contributed by atoms with van der Waals surface area (Å²) in [5, 5.41) is 17.4. The summed E-state index contributed by atoms with van der Waals surface area (Å²) < 4.78 is 17.0. The van der Waals surface area contributed by atoms with Gasteiger partial charge < -0.3 is 10.6 Å². The first-order valence-corrected chi connectivity index (χ1v) is 12.2. The van der Waals surface area contributed by atoms with Gasteiger partial charge >= 0.3 is 0 Å². The first kappa shape index (κ1) is 25.4. The minimum atomic E-state index is -0.375. The van der Waals surface area contributed by atoms with Gasteiger partial charge in [-0.05, 0) is 68.4 Å². The molecule has 2 aromatic heterocycles. The largest absolute Gasteiger partial charge is 0.329 e. The van der Waals surface area contributed by atoms with E-state index in [1.165, 1.54) is 12.1 Å². The van der Waals surface area contributed by atoms with Crippen molar-refractivity contribution >= 4 is 63.6 Å².